The molecule has 0 radical (unpaired) electrons. The maximum absolute atomic E-state index is 12.8. The van der Waals surface area contributed by atoms with Crippen LogP contribution in [0.25, 0.3) is 0 Å². The topological polar surface area (TPSA) is 73.2 Å². The number of nitrogens with one attached hydrogen (secondary N) is 1. The number of rotatable bonds is 3. The van der Waals surface area contributed by atoms with E-state index >= 15 is 0 Å². The zero-order chi connectivity index (χ0) is 19.6. The largest absolute Gasteiger partial charge is 0.416 e. The summed E-state index contributed by atoms with van der Waals surface area (Å²) < 4.78 is 38.3. The standard InChI is InChI=1S/C19H14F3N3O2/c20-19(21,22)14-4-2-5-15(9-14)24-18(27)13-8-17(26)25(11-13)16-6-1-3-12(7-16)10-23/h1-7,9,13H,8,11H2,(H,24,27). The second-order valence-corrected chi connectivity index (χ2v) is 6.14. The van der Waals surface area contributed by atoms with Gasteiger partial charge in [0.1, 0.15) is 0 Å². The Morgan fingerprint density at radius 2 is 1.93 bits per heavy atom. The van der Waals surface area contributed by atoms with E-state index in [9.17, 15) is 22.8 Å². The number of hydrogen-bond donors (Lipinski definition) is 1. The molecule has 5 nitrogen and oxygen atoms in total. The Kier molecular flexibility index (Phi) is 4.86. The fourth-order valence-corrected chi connectivity index (χ4v) is 2.89. The zero-order valence-corrected chi connectivity index (χ0v) is 14.0. The Hall–Kier alpha value is -3.34. The molecule has 1 heterocycles. The lowest BCUT2D eigenvalue weighted by Crippen LogP contribution is -2.28. The maximum Gasteiger partial charge on any atom is 0.416 e. The van der Waals surface area contributed by atoms with Gasteiger partial charge >= 0.3 is 6.18 Å². The van der Waals surface area contributed by atoms with Gasteiger partial charge in [-0.2, -0.15) is 18.4 Å². The Morgan fingerprint density at radius 1 is 1.19 bits per heavy atom. The molecule has 2 amide bonds. The van der Waals surface area contributed by atoms with Crippen LogP contribution in [0, 0.1) is 17.2 Å². The van der Waals surface area contributed by atoms with Crippen LogP contribution in [0.4, 0.5) is 24.5 Å². The lowest BCUT2D eigenvalue weighted by atomic mass is 10.1. The summed E-state index contributed by atoms with van der Waals surface area (Å²) in [5.74, 6) is -1.51. The summed E-state index contributed by atoms with van der Waals surface area (Å²) in [6.45, 7) is 0.0957. The van der Waals surface area contributed by atoms with Crippen LogP contribution >= 0.6 is 0 Å². The minimum Gasteiger partial charge on any atom is -0.326 e. The van der Waals surface area contributed by atoms with Crippen LogP contribution < -0.4 is 10.2 Å². The molecule has 0 bridgehead atoms. The van der Waals surface area contributed by atoms with Gasteiger partial charge in [-0.25, -0.2) is 0 Å². The first kappa shape index (κ1) is 18.5. The molecule has 0 aliphatic carbocycles. The van der Waals surface area contributed by atoms with Crippen molar-refractivity contribution in [2.24, 2.45) is 5.92 Å². The summed E-state index contributed by atoms with van der Waals surface area (Å²) in [5.41, 5.74) is 0.0514. The summed E-state index contributed by atoms with van der Waals surface area (Å²) in [6.07, 6.45) is -4.56. The normalized spacial score (nSPS) is 16.9. The molecule has 2 aromatic rings. The fraction of sp³-hybridized carbons (Fsp3) is 0.211. The van der Waals surface area contributed by atoms with E-state index in [1.807, 2.05) is 6.07 Å². The number of hydrogen-bond acceptors (Lipinski definition) is 3. The van der Waals surface area contributed by atoms with Crippen molar-refractivity contribution in [3.63, 3.8) is 0 Å². The molecule has 3 rings (SSSR count). The third-order valence-corrected chi connectivity index (χ3v) is 4.24. The first-order chi connectivity index (χ1) is 12.8. The first-order valence-electron chi connectivity index (χ1n) is 8.06. The van der Waals surface area contributed by atoms with E-state index in [4.69, 9.17) is 5.26 Å². The van der Waals surface area contributed by atoms with Crippen molar-refractivity contribution in [3.8, 4) is 6.07 Å². The SMILES string of the molecule is N#Cc1cccc(N2CC(C(=O)Nc3cccc(C(F)(F)F)c3)CC2=O)c1. The van der Waals surface area contributed by atoms with Gasteiger partial charge in [-0.15, -0.1) is 0 Å². The van der Waals surface area contributed by atoms with Crippen molar-refractivity contribution in [2.75, 3.05) is 16.8 Å². The molecule has 1 aliphatic rings. The minimum absolute atomic E-state index is 0.0206. The number of carbonyl (C=O) groups is 2. The van der Waals surface area contributed by atoms with Gasteiger partial charge in [0.25, 0.3) is 0 Å². The van der Waals surface area contributed by atoms with Crippen molar-refractivity contribution in [1.29, 1.82) is 5.26 Å². The van der Waals surface area contributed by atoms with Crippen LogP contribution in [-0.2, 0) is 15.8 Å². The van der Waals surface area contributed by atoms with Crippen LogP contribution in [0.2, 0.25) is 0 Å². The smallest absolute Gasteiger partial charge is 0.326 e. The highest BCUT2D eigenvalue weighted by Crippen LogP contribution is 2.31. The Morgan fingerprint density at radius 3 is 2.63 bits per heavy atom. The lowest BCUT2D eigenvalue weighted by molar-refractivity contribution is -0.137. The molecule has 8 heteroatoms. The van der Waals surface area contributed by atoms with Gasteiger partial charge in [0, 0.05) is 24.3 Å². The molecule has 2 aromatic carbocycles. The lowest BCUT2D eigenvalue weighted by Gasteiger charge is -2.17. The number of anilines is 2. The Labute approximate surface area is 153 Å². The zero-order valence-electron chi connectivity index (χ0n) is 14.0. The maximum atomic E-state index is 12.8. The van der Waals surface area contributed by atoms with Crippen LogP contribution in [0.3, 0.4) is 0 Å². The van der Waals surface area contributed by atoms with Crippen LogP contribution in [0.1, 0.15) is 17.5 Å². The first-order valence-corrected chi connectivity index (χ1v) is 8.06. The predicted octanol–water partition coefficient (Wildman–Crippen LogP) is 3.57. The van der Waals surface area contributed by atoms with Gasteiger partial charge in [-0.1, -0.05) is 12.1 Å². The highest BCUT2D eigenvalue weighted by molar-refractivity contribution is 6.03. The molecule has 27 heavy (non-hydrogen) atoms. The van der Waals surface area contributed by atoms with E-state index in [2.05, 4.69) is 5.32 Å². The molecular formula is C19H14F3N3O2. The van der Waals surface area contributed by atoms with Gasteiger partial charge in [0.15, 0.2) is 0 Å². The predicted molar refractivity (Wildman–Crippen MR) is 91.7 cm³/mol. The molecule has 1 unspecified atom stereocenters. The summed E-state index contributed by atoms with van der Waals surface area (Å²) in [5, 5.41) is 11.4. The molecule has 1 atom stereocenters. The second-order valence-electron chi connectivity index (χ2n) is 6.14. The number of amides is 2. The average Bonchev–Trinajstić information content (AvgIpc) is 3.03. The second kappa shape index (κ2) is 7.11. The third kappa shape index (κ3) is 4.08. The molecule has 1 saturated heterocycles. The summed E-state index contributed by atoms with van der Waals surface area (Å²) >= 11 is 0. The van der Waals surface area contributed by atoms with E-state index < -0.39 is 23.6 Å². The number of carbonyl (C=O) groups excluding carboxylic acids is 2. The molecule has 0 spiro atoms. The quantitative estimate of drug-likeness (QED) is 0.894. The molecule has 1 N–H and O–H groups in total. The van der Waals surface area contributed by atoms with Gasteiger partial charge in [0.2, 0.25) is 11.8 Å². The van der Waals surface area contributed by atoms with Gasteiger partial charge < -0.3 is 10.2 Å². The molecular weight excluding hydrogens is 359 g/mol. The number of alkyl halides is 3. The van der Waals surface area contributed by atoms with Crippen molar-refractivity contribution in [2.45, 2.75) is 12.6 Å². The van der Waals surface area contributed by atoms with E-state index in [1.54, 1.807) is 24.3 Å². The number of benzene rings is 2. The number of nitriles is 1. The monoisotopic (exact) mass is 373 g/mol. The van der Waals surface area contributed by atoms with Crippen molar-refractivity contribution in [1.82, 2.24) is 0 Å². The highest BCUT2D eigenvalue weighted by atomic mass is 19.4. The number of halogens is 3. The third-order valence-electron chi connectivity index (χ3n) is 4.24. The minimum atomic E-state index is -4.51. The fourth-order valence-electron chi connectivity index (χ4n) is 2.89. The van der Waals surface area contributed by atoms with Crippen molar-refractivity contribution < 1.29 is 22.8 Å². The van der Waals surface area contributed by atoms with Crippen molar-refractivity contribution >= 4 is 23.2 Å². The van der Waals surface area contributed by atoms with Gasteiger partial charge in [-0.05, 0) is 36.4 Å². The molecule has 0 aromatic heterocycles. The Bertz CT molecular complexity index is 934. The molecule has 1 aliphatic heterocycles. The summed E-state index contributed by atoms with van der Waals surface area (Å²) in [4.78, 5) is 26.0. The summed E-state index contributed by atoms with van der Waals surface area (Å²) in [6, 6.07) is 12.8. The average molecular weight is 373 g/mol. The van der Waals surface area contributed by atoms with E-state index in [1.165, 1.54) is 17.0 Å². The molecule has 138 valence electrons. The number of nitrogens with zero attached hydrogens (tertiary/aromatic N) is 2. The van der Waals surface area contributed by atoms with E-state index in [0.29, 0.717) is 11.3 Å². The molecule has 1 fully saturated rings. The highest BCUT2D eigenvalue weighted by Gasteiger charge is 2.35. The van der Waals surface area contributed by atoms with Crippen molar-refractivity contribution in [3.05, 3.63) is 59.7 Å². The van der Waals surface area contributed by atoms with Crippen LogP contribution in [-0.4, -0.2) is 18.4 Å². The van der Waals surface area contributed by atoms with E-state index in [0.717, 1.165) is 12.1 Å². The molecule has 0 saturated carbocycles. The summed E-state index contributed by atoms with van der Waals surface area (Å²) in [7, 11) is 0. The van der Waals surface area contributed by atoms with E-state index in [-0.39, 0.29) is 24.6 Å². The van der Waals surface area contributed by atoms with Crippen LogP contribution in [0.15, 0.2) is 48.5 Å². The Balaban J connectivity index is 1.72. The van der Waals surface area contributed by atoms with Gasteiger partial charge in [0.05, 0.1) is 23.1 Å². The van der Waals surface area contributed by atoms with Crippen LogP contribution in [0.5, 0.6) is 0 Å². The van der Waals surface area contributed by atoms with Gasteiger partial charge in [-0.3, -0.25) is 9.59 Å².